The van der Waals surface area contributed by atoms with Gasteiger partial charge in [0.15, 0.2) is 0 Å². The number of para-hydroxylation sites is 1. The first kappa shape index (κ1) is 10.4. The number of fused-ring (bicyclic) bond motifs is 3. The third-order valence-electron chi connectivity index (χ3n) is 2.80. The molecule has 0 aliphatic rings. The summed E-state index contributed by atoms with van der Waals surface area (Å²) in [5.41, 5.74) is 2.46. The van der Waals surface area contributed by atoms with E-state index in [0.29, 0.717) is 0 Å². The van der Waals surface area contributed by atoms with Crippen LogP contribution in [0.3, 0.4) is 0 Å². The van der Waals surface area contributed by atoms with Crippen molar-refractivity contribution in [2.75, 3.05) is 0 Å². The summed E-state index contributed by atoms with van der Waals surface area (Å²) in [6.07, 6.45) is 5.53. The number of hydrogen-bond acceptors (Lipinski definition) is 1. The van der Waals surface area contributed by atoms with Crippen molar-refractivity contribution in [2.45, 2.75) is 0 Å². The quantitative estimate of drug-likeness (QED) is 0.428. The first-order chi connectivity index (χ1) is 8.22. The minimum Gasteiger partial charge on any atom is -0.456 e. The van der Waals surface area contributed by atoms with E-state index in [1.165, 1.54) is 0 Å². The Labute approximate surface area is 106 Å². The van der Waals surface area contributed by atoms with E-state index in [9.17, 15) is 0 Å². The third-order valence-corrected chi connectivity index (χ3v) is 3.59. The van der Waals surface area contributed by atoms with Crippen molar-refractivity contribution < 1.29 is 4.42 Å². The molecule has 0 aliphatic carbocycles. The van der Waals surface area contributed by atoms with Gasteiger partial charge in [0.1, 0.15) is 11.2 Å². The molecule has 3 heteroatoms. The van der Waals surface area contributed by atoms with Crippen molar-refractivity contribution in [3.63, 3.8) is 0 Å². The van der Waals surface area contributed by atoms with Crippen LogP contribution >= 0.6 is 0 Å². The Morgan fingerprint density at radius 1 is 1.00 bits per heavy atom. The predicted octanol–water partition coefficient (Wildman–Crippen LogP) is 1.15. The van der Waals surface area contributed by atoms with Crippen molar-refractivity contribution in [1.82, 2.24) is 0 Å². The number of terminal acetylenes is 1. The van der Waals surface area contributed by atoms with E-state index in [-0.39, 0.29) is 0 Å². The molecule has 0 aliphatic heterocycles. The molecule has 0 saturated heterocycles. The van der Waals surface area contributed by atoms with Crippen molar-refractivity contribution in [2.24, 2.45) is 0 Å². The lowest BCUT2D eigenvalue weighted by atomic mass is 10.1. The van der Waals surface area contributed by atoms with E-state index in [1.807, 2.05) is 30.3 Å². The van der Waals surface area contributed by atoms with Gasteiger partial charge in [-0.2, -0.15) is 0 Å². The Hall–Kier alpha value is -1.77. The average molecular weight is 246 g/mol. The molecule has 1 nitrogen and oxygen atoms in total. The lowest BCUT2D eigenvalue weighted by molar-refractivity contribution is 0.674. The molecule has 0 N–H and O–H groups in total. The van der Waals surface area contributed by atoms with E-state index in [1.54, 1.807) is 0 Å². The summed E-state index contributed by atoms with van der Waals surface area (Å²) >= 11 is 0. The fourth-order valence-electron chi connectivity index (χ4n) is 2.02. The molecule has 0 saturated carbocycles. The van der Waals surface area contributed by atoms with Crippen molar-refractivity contribution in [3.8, 4) is 12.3 Å². The molecular formula is C14H6OSi2. The first-order valence-electron chi connectivity index (χ1n) is 5.10. The standard InChI is InChI=1S/C14H6OSi2/c1-2-8-6-7-11(17)14-12(8)9-4-3-5-10(16)13(9)15-14/h1,3-7H. The second kappa shape index (κ2) is 3.62. The van der Waals surface area contributed by atoms with E-state index in [0.717, 1.165) is 37.9 Å². The lowest BCUT2D eigenvalue weighted by Gasteiger charge is -1.97. The highest BCUT2D eigenvalue weighted by atomic mass is 28.1. The van der Waals surface area contributed by atoms with Crippen LogP contribution in [0.25, 0.3) is 21.9 Å². The minimum atomic E-state index is 0.790. The van der Waals surface area contributed by atoms with Crippen LogP contribution < -0.4 is 10.4 Å². The second-order valence-corrected chi connectivity index (χ2v) is 4.87. The third kappa shape index (κ3) is 1.38. The summed E-state index contributed by atoms with van der Waals surface area (Å²) in [5, 5.41) is 3.84. The summed E-state index contributed by atoms with van der Waals surface area (Å²) in [4.78, 5) is 0. The maximum Gasteiger partial charge on any atom is 0.135 e. The number of rotatable bonds is 0. The van der Waals surface area contributed by atoms with Gasteiger partial charge < -0.3 is 4.42 Å². The second-order valence-electron chi connectivity index (χ2n) is 3.79. The van der Waals surface area contributed by atoms with Gasteiger partial charge in [-0.05, 0) is 16.4 Å². The zero-order valence-corrected chi connectivity index (χ0v) is 10.9. The molecule has 6 radical (unpaired) electrons. The van der Waals surface area contributed by atoms with Gasteiger partial charge in [-0.25, -0.2) is 0 Å². The van der Waals surface area contributed by atoms with Crippen LogP contribution in [0.1, 0.15) is 5.56 Å². The largest absolute Gasteiger partial charge is 0.456 e. The zero-order chi connectivity index (χ0) is 12.0. The summed E-state index contributed by atoms with van der Waals surface area (Å²) in [6, 6.07) is 9.76. The summed E-state index contributed by atoms with van der Waals surface area (Å²) in [6.45, 7) is 0. The predicted molar refractivity (Wildman–Crippen MR) is 72.4 cm³/mol. The summed E-state index contributed by atoms with van der Waals surface area (Å²) in [7, 11) is 7.08. The number of furan rings is 1. The topological polar surface area (TPSA) is 13.1 Å². The summed E-state index contributed by atoms with van der Waals surface area (Å²) < 4.78 is 5.86. The zero-order valence-electron chi connectivity index (χ0n) is 8.87. The van der Waals surface area contributed by atoms with E-state index in [4.69, 9.17) is 10.8 Å². The highest BCUT2D eigenvalue weighted by Crippen LogP contribution is 2.28. The molecule has 3 aromatic rings. The van der Waals surface area contributed by atoms with Crippen molar-refractivity contribution in [1.29, 1.82) is 0 Å². The Bertz CT molecular complexity index is 778. The smallest absolute Gasteiger partial charge is 0.135 e. The van der Waals surface area contributed by atoms with Crippen LogP contribution in [-0.4, -0.2) is 20.5 Å². The van der Waals surface area contributed by atoms with Gasteiger partial charge in [-0.1, -0.05) is 30.2 Å². The van der Waals surface area contributed by atoms with Crippen molar-refractivity contribution >= 4 is 52.8 Å². The fourth-order valence-corrected chi connectivity index (χ4v) is 2.56. The van der Waals surface area contributed by atoms with Gasteiger partial charge in [0.05, 0.1) is 20.5 Å². The summed E-state index contributed by atoms with van der Waals surface area (Å²) in [5.74, 6) is 2.70. The molecule has 76 valence electrons. The van der Waals surface area contributed by atoms with E-state index < -0.39 is 0 Å². The molecule has 3 rings (SSSR count). The molecule has 1 aromatic heterocycles. The minimum absolute atomic E-state index is 0.790. The maximum atomic E-state index is 5.86. The van der Waals surface area contributed by atoms with Crippen molar-refractivity contribution in [3.05, 3.63) is 35.9 Å². The SMILES string of the molecule is C#Cc1ccc([Si])c2oc3c([Si])cccc3c12. The monoisotopic (exact) mass is 246 g/mol. The normalized spacial score (nSPS) is 10.9. The van der Waals surface area contributed by atoms with Gasteiger partial charge in [0, 0.05) is 16.3 Å². The molecule has 0 bridgehead atoms. The number of benzene rings is 2. The molecule has 0 unspecified atom stereocenters. The Morgan fingerprint density at radius 3 is 2.53 bits per heavy atom. The Balaban J connectivity index is 2.66. The maximum absolute atomic E-state index is 5.86. The van der Waals surface area contributed by atoms with Crippen LogP contribution in [0.5, 0.6) is 0 Å². The highest BCUT2D eigenvalue weighted by molar-refractivity contribution is 6.42. The van der Waals surface area contributed by atoms with Gasteiger partial charge in [-0.3, -0.25) is 0 Å². The molecule has 0 atom stereocenters. The van der Waals surface area contributed by atoms with Crippen LogP contribution in [0.2, 0.25) is 0 Å². The fraction of sp³-hybridized carbons (Fsp3) is 0. The lowest BCUT2D eigenvalue weighted by Crippen LogP contribution is -2.02. The Kier molecular flexibility index (Phi) is 2.21. The van der Waals surface area contributed by atoms with Gasteiger partial charge in [-0.15, -0.1) is 6.42 Å². The molecule has 0 spiro atoms. The molecule has 2 aromatic carbocycles. The average Bonchev–Trinajstić information content (AvgIpc) is 2.72. The van der Waals surface area contributed by atoms with Gasteiger partial charge >= 0.3 is 0 Å². The molecule has 1 heterocycles. The first-order valence-corrected chi connectivity index (χ1v) is 6.10. The molecular weight excluding hydrogens is 240 g/mol. The van der Waals surface area contributed by atoms with E-state index >= 15 is 0 Å². The molecule has 0 amide bonds. The molecule has 17 heavy (non-hydrogen) atoms. The molecule has 0 fully saturated rings. The van der Waals surface area contributed by atoms with Gasteiger partial charge in [0.25, 0.3) is 0 Å². The van der Waals surface area contributed by atoms with Crippen LogP contribution in [0, 0.1) is 12.3 Å². The van der Waals surface area contributed by atoms with Gasteiger partial charge in [0.2, 0.25) is 0 Å². The Morgan fingerprint density at radius 2 is 1.76 bits per heavy atom. The highest BCUT2D eigenvalue weighted by Gasteiger charge is 2.12. The number of hydrogen-bond donors (Lipinski definition) is 0. The van der Waals surface area contributed by atoms with Crippen LogP contribution in [-0.2, 0) is 0 Å². The van der Waals surface area contributed by atoms with Crippen LogP contribution in [0.4, 0.5) is 0 Å². The van der Waals surface area contributed by atoms with Crippen LogP contribution in [0.15, 0.2) is 34.7 Å². The van der Waals surface area contributed by atoms with E-state index in [2.05, 4.69) is 26.4 Å².